The molecule has 2 aromatic rings. The van der Waals surface area contributed by atoms with Gasteiger partial charge in [0.2, 0.25) is 0 Å². The smallest absolute Gasteiger partial charge is 0.269 e. The van der Waals surface area contributed by atoms with Gasteiger partial charge in [-0.2, -0.15) is 0 Å². The number of rotatable bonds is 4. The van der Waals surface area contributed by atoms with Crippen molar-refractivity contribution in [3.8, 4) is 0 Å². The van der Waals surface area contributed by atoms with E-state index in [4.69, 9.17) is 0 Å². The molecule has 5 heteroatoms. The maximum absolute atomic E-state index is 10.5. The van der Waals surface area contributed by atoms with E-state index in [1.807, 2.05) is 23.7 Å². The molecule has 17 heavy (non-hydrogen) atoms. The highest BCUT2D eigenvalue weighted by Crippen LogP contribution is 2.12. The number of benzene rings is 1. The largest absolute Gasteiger partial charge is 0.287 e. The number of aliphatic imine (C=N–C) groups is 1. The zero-order valence-corrected chi connectivity index (χ0v) is 9.76. The fraction of sp³-hybridized carbons (Fsp3) is 0.0833. The number of non-ortho nitro benzene ring substituents is 1. The Labute approximate surface area is 102 Å². The van der Waals surface area contributed by atoms with Crippen molar-refractivity contribution in [3.63, 3.8) is 0 Å². The van der Waals surface area contributed by atoms with Crippen LogP contribution in [0.15, 0.2) is 46.8 Å². The van der Waals surface area contributed by atoms with Crippen LogP contribution in [0.25, 0.3) is 0 Å². The maximum atomic E-state index is 10.5. The van der Waals surface area contributed by atoms with Crippen LogP contribution in [-0.4, -0.2) is 11.1 Å². The lowest BCUT2D eigenvalue weighted by Crippen LogP contribution is -1.88. The second kappa shape index (κ2) is 5.36. The zero-order chi connectivity index (χ0) is 12.1. The highest BCUT2D eigenvalue weighted by molar-refractivity contribution is 7.11. The molecule has 0 N–H and O–H groups in total. The van der Waals surface area contributed by atoms with Crippen molar-refractivity contribution in [2.24, 2.45) is 4.99 Å². The van der Waals surface area contributed by atoms with Crippen LogP contribution in [0, 0.1) is 10.1 Å². The first-order chi connectivity index (χ1) is 8.25. The van der Waals surface area contributed by atoms with Crippen LogP contribution in [0.2, 0.25) is 0 Å². The molecule has 0 fully saturated rings. The molecule has 1 aromatic carbocycles. The van der Waals surface area contributed by atoms with Gasteiger partial charge in [-0.3, -0.25) is 15.1 Å². The van der Waals surface area contributed by atoms with Crippen LogP contribution >= 0.6 is 11.3 Å². The lowest BCUT2D eigenvalue weighted by Gasteiger charge is -1.95. The SMILES string of the molecule is O=[N+]([O-])c1ccc(CN=Cc2cccs2)cc1. The molecule has 0 aliphatic heterocycles. The second-order valence-corrected chi connectivity index (χ2v) is 4.39. The molecule has 2 rings (SSSR count). The van der Waals surface area contributed by atoms with Gasteiger partial charge < -0.3 is 0 Å². The van der Waals surface area contributed by atoms with Crippen molar-refractivity contribution >= 4 is 23.2 Å². The quantitative estimate of drug-likeness (QED) is 0.472. The van der Waals surface area contributed by atoms with Crippen molar-refractivity contribution in [2.75, 3.05) is 0 Å². The Morgan fingerprint density at radius 1 is 1.29 bits per heavy atom. The number of nitrogens with zero attached hydrogens (tertiary/aromatic N) is 2. The van der Waals surface area contributed by atoms with E-state index in [9.17, 15) is 10.1 Å². The summed E-state index contributed by atoms with van der Waals surface area (Å²) in [6.45, 7) is 0.538. The van der Waals surface area contributed by atoms with Gasteiger partial charge in [-0.05, 0) is 17.0 Å². The van der Waals surface area contributed by atoms with Crippen molar-refractivity contribution in [1.82, 2.24) is 0 Å². The predicted molar refractivity (Wildman–Crippen MR) is 68.7 cm³/mol. The highest BCUT2D eigenvalue weighted by atomic mass is 32.1. The summed E-state index contributed by atoms with van der Waals surface area (Å²) in [5.74, 6) is 0. The molecular weight excluding hydrogens is 236 g/mol. The molecule has 0 unspecified atom stereocenters. The van der Waals surface area contributed by atoms with Crippen molar-refractivity contribution in [2.45, 2.75) is 6.54 Å². The molecule has 86 valence electrons. The molecule has 0 spiro atoms. The number of hydrogen-bond acceptors (Lipinski definition) is 4. The summed E-state index contributed by atoms with van der Waals surface area (Å²) >= 11 is 1.63. The van der Waals surface area contributed by atoms with Crippen molar-refractivity contribution < 1.29 is 4.92 Å². The summed E-state index contributed by atoms with van der Waals surface area (Å²) in [7, 11) is 0. The fourth-order valence-corrected chi connectivity index (χ4v) is 1.94. The molecule has 0 bridgehead atoms. The molecule has 1 aromatic heterocycles. The van der Waals surface area contributed by atoms with Gasteiger partial charge in [-0.25, -0.2) is 0 Å². The Bertz CT molecular complexity index is 518. The molecule has 0 aliphatic carbocycles. The minimum absolute atomic E-state index is 0.107. The third kappa shape index (κ3) is 3.22. The lowest BCUT2D eigenvalue weighted by molar-refractivity contribution is -0.384. The summed E-state index contributed by atoms with van der Waals surface area (Å²) in [6.07, 6.45) is 1.81. The first-order valence-electron chi connectivity index (χ1n) is 5.02. The lowest BCUT2D eigenvalue weighted by atomic mass is 10.2. The van der Waals surface area contributed by atoms with E-state index >= 15 is 0 Å². The van der Waals surface area contributed by atoms with Crippen molar-refractivity contribution in [1.29, 1.82) is 0 Å². The maximum Gasteiger partial charge on any atom is 0.269 e. The molecular formula is C12H10N2O2S. The third-order valence-corrected chi connectivity index (χ3v) is 2.99. The average molecular weight is 246 g/mol. The monoisotopic (exact) mass is 246 g/mol. The van der Waals surface area contributed by atoms with Crippen LogP contribution in [0.1, 0.15) is 10.4 Å². The van der Waals surface area contributed by atoms with Gasteiger partial charge in [-0.15, -0.1) is 11.3 Å². The summed E-state index contributed by atoms with van der Waals surface area (Å²) in [5.41, 5.74) is 1.07. The van der Waals surface area contributed by atoms with E-state index < -0.39 is 4.92 Å². The number of nitro benzene ring substituents is 1. The van der Waals surface area contributed by atoms with Gasteiger partial charge in [0.25, 0.3) is 5.69 Å². The third-order valence-electron chi connectivity index (χ3n) is 2.18. The van der Waals surface area contributed by atoms with Gasteiger partial charge in [0.15, 0.2) is 0 Å². The van der Waals surface area contributed by atoms with Crippen LogP contribution in [-0.2, 0) is 6.54 Å². The molecule has 0 amide bonds. The van der Waals surface area contributed by atoms with Crippen LogP contribution in [0.3, 0.4) is 0 Å². The predicted octanol–water partition coefficient (Wildman–Crippen LogP) is 3.28. The van der Waals surface area contributed by atoms with Crippen LogP contribution in [0.5, 0.6) is 0 Å². The Balaban J connectivity index is 1.97. The van der Waals surface area contributed by atoms with Crippen LogP contribution < -0.4 is 0 Å². The second-order valence-electron chi connectivity index (χ2n) is 3.41. The number of nitro groups is 1. The van der Waals surface area contributed by atoms with Crippen LogP contribution in [0.4, 0.5) is 5.69 Å². The Morgan fingerprint density at radius 2 is 2.06 bits per heavy atom. The zero-order valence-electron chi connectivity index (χ0n) is 8.95. The van der Waals surface area contributed by atoms with E-state index in [2.05, 4.69) is 4.99 Å². The standard InChI is InChI=1S/C12H10N2O2S/c15-14(16)11-5-3-10(4-6-11)8-13-9-12-2-1-7-17-12/h1-7,9H,8H2. The van der Waals surface area contributed by atoms with Gasteiger partial charge in [0.05, 0.1) is 11.5 Å². The Hall–Kier alpha value is -2.01. The number of thiophene rings is 1. The van der Waals surface area contributed by atoms with Gasteiger partial charge in [0.1, 0.15) is 0 Å². The van der Waals surface area contributed by atoms with Gasteiger partial charge in [0, 0.05) is 23.2 Å². The molecule has 0 atom stereocenters. The van der Waals surface area contributed by atoms with E-state index in [1.54, 1.807) is 23.5 Å². The summed E-state index contributed by atoms with van der Waals surface area (Å²) in [4.78, 5) is 15.4. The minimum atomic E-state index is -0.404. The molecule has 4 nitrogen and oxygen atoms in total. The minimum Gasteiger partial charge on any atom is -0.287 e. The van der Waals surface area contributed by atoms with Gasteiger partial charge >= 0.3 is 0 Å². The summed E-state index contributed by atoms with van der Waals surface area (Å²) in [6, 6.07) is 10.4. The Kier molecular flexibility index (Phi) is 3.62. The molecule has 0 radical (unpaired) electrons. The summed E-state index contributed by atoms with van der Waals surface area (Å²) < 4.78 is 0. The van der Waals surface area contributed by atoms with E-state index in [0.717, 1.165) is 10.4 Å². The molecule has 1 heterocycles. The number of hydrogen-bond donors (Lipinski definition) is 0. The fourth-order valence-electron chi connectivity index (χ4n) is 1.33. The Morgan fingerprint density at radius 3 is 2.65 bits per heavy atom. The van der Waals surface area contributed by atoms with Crippen molar-refractivity contribution in [3.05, 3.63) is 62.3 Å². The topological polar surface area (TPSA) is 55.5 Å². The summed E-state index contributed by atoms with van der Waals surface area (Å²) in [5, 5.41) is 12.5. The first kappa shape index (κ1) is 11.5. The normalized spacial score (nSPS) is 10.8. The van der Waals surface area contributed by atoms with E-state index in [-0.39, 0.29) is 5.69 Å². The van der Waals surface area contributed by atoms with E-state index in [1.165, 1.54) is 12.1 Å². The molecule has 0 aliphatic rings. The average Bonchev–Trinajstić information content (AvgIpc) is 2.83. The van der Waals surface area contributed by atoms with Gasteiger partial charge in [-0.1, -0.05) is 18.2 Å². The molecule has 0 saturated carbocycles. The first-order valence-corrected chi connectivity index (χ1v) is 5.90. The molecule has 0 saturated heterocycles. The van der Waals surface area contributed by atoms with E-state index in [0.29, 0.717) is 6.54 Å². The highest BCUT2D eigenvalue weighted by Gasteiger charge is 2.02.